The van der Waals surface area contributed by atoms with Crippen LogP contribution in [0.4, 0.5) is 0 Å². The van der Waals surface area contributed by atoms with Crippen LogP contribution in [-0.4, -0.2) is 46.4 Å². The third-order valence-corrected chi connectivity index (χ3v) is 5.14. The van der Waals surface area contributed by atoms with Crippen molar-refractivity contribution in [2.24, 2.45) is 5.41 Å². The predicted octanol–water partition coefficient (Wildman–Crippen LogP) is 2.81. The summed E-state index contributed by atoms with van der Waals surface area (Å²) in [6.45, 7) is 5.11. The van der Waals surface area contributed by atoms with Crippen molar-refractivity contribution in [3.63, 3.8) is 0 Å². The van der Waals surface area contributed by atoms with Gasteiger partial charge >= 0.3 is 5.97 Å². The van der Waals surface area contributed by atoms with Crippen molar-refractivity contribution in [3.8, 4) is 0 Å². The Kier molecular flexibility index (Phi) is 5.84. The monoisotopic (exact) mass is 367 g/mol. The maximum atomic E-state index is 13.0. The van der Waals surface area contributed by atoms with Crippen LogP contribution in [0.5, 0.6) is 0 Å². The van der Waals surface area contributed by atoms with Gasteiger partial charge in [0, 0.05) is 25.5 Å². The summed E-state index contributed by atoms with van der Waals surface area (Å²) in [4.78, 5) is 35.6. The zero-order valence-corrected chi connectivity index (χ0v) is 15.9. The van der Waals surface area contributed by atoms with Crippen LogP contribution >= 0.6 is 0 Å². The SMILES string of the molecule is CCOC(=O)C1(Cc2ccccc2C)CCCN(C(=O)c2cnccn2)C1. The largest absolute Gasteiger partial charge is 0.466 e. The number of aryl methyl sites for hydroxylation is 1. The molecular formula is C21H25N3O3. The molecule has 1 saturated heterocycles. The number of carbonyl (C=O) groups is 2. The molecule has 1 aliphatic rings. The lowest BCUT2D eigenvalue weighted by atomic mass is 9.74. The minimum atomic E-state index is -0.738. The Bertz CT molecular complexity index is 809. The van der Waals surface area contributed by atoms with Gasteiger partial charge < -0.3 is 9.64 Å². The first kappa shape index (κ1) is 19.0. The quantitative estimate of drug-likeness (QED) is 0.760. The average molecular weight is 367 g/mol. The number of ether oxygens (including phenoxy) is 1. The molecule has 0 radical (unpaired) electrons. The number of piperidine rings is 1. The molecule has 1 aromatic carbocycles. The highest BCUT2D eigenvalue weighted by molar-refractivity contribution is 5.92. The van der Waals surface area contributed by atoms with E-state index in [9.17, 15) is 9.59 Å². The van der Waals surface area contributed by atoms with E-state index in [1.165, 1.54) is 18.6 Å². The van der Waals surface area contributed by atoms with E-state index < -0.39 is 5.41 Å². The molecular weight excluding hydrogens is 342 g/mol. The summed E-state index contributed by atoms with van der Waals surface area (Å²) in [6.07, 6.45) is 6.51. The first-order valence-corrected chi connectivity index (χ1v) is 9.33. The highest BCUT2D eigenvalue weighted by Gasteiger charge is 2.45. The summed E-state index contributed by atoms with van der Waals surface area (Å²) in [5.41, 5.74) is 1.81. The van der Waals surface area contributed by atoms with Crippen molar-refractivity contribution in [1.29, 1.82) is 0 Å². The van der Waals surface area contributed by atoms with Crippen LogP contribution in [0.15, 0.2) is 42.9 Å². The molecule has 6 nitrogen and oxygen atoms in total. The third kappa shape index (κ3) is 4.15. The van der Waals surface area contributed by atoms with Crippen molar-refractivity contribution in [2.75, 3.05) is 19.7 Å². The van der Waals surface area contributed by atoms with E-state index in [-0.39, 0.29) is 11.9 Å². The zero-order chi connectivity index (χ0) is 19.3. The minimum absolute atomic E-state index is 0.193. The van der Waals surface area contributed by atoms with Gasteiger partial charge in [0.25, 0.3) is 5.91 Å². The number of nitrogens with zero attached hydrogens (tertiary/aromatic N) is 3. The van der Waals surface area contributed by atoms with Crippen molar-refractivity contribution in [2.45, 2.75) is 33.1 Å². The predicted molar refractivity (Wildman–Crippen MR) is 101 cm³/mol. The van der Waals surface area contributed by atoms with Crippen molar-refractivity contribution >= 4 is 11.9 Å². The molecule has 2 heterocycles. The average Bonchev–Trinajstić information content (AvgIpc) is 2.70. The van der Waals surface area contributed by atoms with Crippen LogP contribution in [0.2, 0.25) is 0 Å². The molecule has 3 rings (SSSR count). The van der Waals surface area contributed by atoms with Gasteiger partial charge in [0.05, 0.1) is 18.2 Å². The molecule has 142 valence electrons. The Balaban J connectivity index is 1.89. The molecule has 0 N–H and O–H groups in total. The topological polar surface area (TPSA) is 72.4 Å². The van der Waals surface area contributed by atoms with E-state index >= 15 is 0 Å². The Morgan fingerprint density at radius 3 is 2.78 bits per heavy atom. The van der Waals surface area contributed by atoms with Crippen LogP contribution in [0.1, 0.15) is 41.4 Å². The van der Waals surface area contributed by atoms with Gasteiger partial charge in [0.2, 0.25) is 0 Å². The molecule has 1 aliphatic heterocycles. The molecule has 0 bridgehead atoms. The number of rotatable bonds is 5. The van der Waals surface area contributed by atoms with E-state index in [0.29, 0.717) is 38.2 Å². The van der Waals surface area contributed by atoms with Crippen LogP contribution in [-0.2, 0) is 16.0 Å². The summed E-state index contributed by atoms with van der Waals surface area (Å²) < 4.78 is 5.43. The van der Waals surface area contributed by atoms with E-state index in [4.69, 9.17) is 4.74 Å². The van der Waals surface area contributed by atoms with Crippen molar-refractivity contribution < 1.29 is 14.3 Å². The summed E-state index contributed by atoms with van der Waals surface area (Å²) in [5.74, 6) is -0.425. The Morgan fingerprint density at radius 1 is 1.26 bits per heavy atom. The number of benzene rings is 1. The standard InChI is InChI=1S/C21H25N3O3/c1-3-27-20(26)21(13-17-8-5-4-7-16(17)2)9-6-12-24(15-21)19(25)18-14-22-10-11-23-18/h4-5,7-8,10-11,14H,3,6,9,12-13,15H2,1-2H3. The van der Waals surface area contributed by atoms with Gasteiger partial charge in [-0.15, -0.1) is 0 Å². The smallest absolute Gasteiger partial charge is 0.314 e. The lowest BCUT2D eigenvalue weighted by molar-refractivity contribution is -0.158. The lowest BCUT2D eigenvalue weighted by Gasteiger charge is -2.41. The molecule has 1 aromatic heterocycles. The number of carbonyl (C=O) groups excluding carboxylic acids is 2. The molecule has 2 aromatic rings. The number of amides is 1. The molecule has 1 atom stereocenters. The van der Waals surface area contributed by atoms with Gasteiger partial charge in [0.15, 0.2) is 0 Å². The van der Waals surface area contributed by atoms with E-state index in [1.807, 2.05) is 38.1 Å². The van der Waals surface area contributed by atoms with E-state index in [0.717, 1.165) is 17.5 Å². The Hall–Kier alpha value is -2.76. The normalized spacial score (nSPS) is 19.6. The summed E-state index contributed by atoms with van der Waals surface area (Å²) >= 11 is 0. The lowest BCUT2D eigenvalue weighted by Crippen LogP contribution is -2.51. The van der Waals surface area contributed by atoms with E-state index in [2.05, 4.69) is 9.97 Å². The maximum Gasteiger partial charge on any atom is 0.314 e. The Morgan fingerprint density at radius 2 is 2.07 bits per heavy atom. The van der Waals surface area contributed by atoms with Gasteiger partial charge in [-0.2, -0.15) is 0 Å². The second-order valence-corrected chi connectivity index (χ2v) is 7.02. The minimum Gasteiger partial charge on any atom is -0.466 e. The fourth-order valence-electron chi connectivity index (χ4n) is 3.72. The molecule has 0 saturated carbocycles. The summed E-state index contributed by atoms with van der Waals surface area (Å²) in [6, 6.07) is 8.05. The Labute approximate surface area is 159 Å². The van der Waals surface area contributed by atoms with Gasteiger partial charge in [-0.05, 0) is 44.2 Å². The fraction of sp³-hybridized carbons (Fsp3) is 0.429. The number of hydrogen-bond donors (Lipinski definition) is 0. The first-order chi connectivity index (χ1) is 13.1. The second kappa shape index (κ2) is 8.29. The van der Waals surface area contributed by atoms with Gasteiger partial charge in [-0.3, -0.25) is 14.6 Å². The number of likely N-dealkylation sites (tertiary alicyclic amines) is 1. The van der Waals surface area contributed by atoms with Gasteiger partial charge in [0.1, 0.15) is 5.69 Å². The number of hydrogen-bond acceptors (Lipinski definition) is 5. The molecule has 0 aliphatic carbocycles. The second-order valence-electron chi connectivity index (χ2n) is 7.02. The maximum absolute atomic E-state index is 13.0. The summed E-state index contributed by atoms with van der Waals surface area (Å²) in [7, 11) is 0. The molecule has 0 spiro atoms. The van der Waals surface area contributed by atoms with Crippen molar-refractivity contribution in [3.05, 3.63) is 59.7 Å². The number of aromatic nitrogens is 2. The highest BCUT2D eigenvalue weighted by atomic mass is 16.5. The van der Waals surface area contributed by atoms with Crippen molar-refractivity contribution in [1.82, 2.24) is 14.9 Å². The molecule has 27 heavy (non-hydrogen) atoms. The molecule has 6 heteroatoms. The van der Waals surface area contributed by atoms with Crippen LogP contribution in [0.25, 0.3) is 0 Å². The van der Waals surface area contributed by atoms with E-state index in [1.54, 1.807) is 4.90 Å². The van der Waals surface area contributed by atoms with Crippen LogP contribution < -0.4 is 0 Å². The summed E-state index contributed by atoms with van der Waals surface area (Å²) in [5, 5.41) is 0. The highest BCUT2D eigenvalue weighted by Crippen LogP contribution is 2.36. The van der Waals surface area contributed by atoms with Crippen LogP contribution in [0, 0.1) is 12.3 Å². The van der Waals surface area contributed by atoms with Gasteiger partial charge in [-0.25, -0.2) is 4.98 Å². The molecule has 1 unspecified atom stereocenters. The van der Waals surface area contributed by atoms with Gasteiger partial charge in [-0.1, -0.05) is 24.3 Å². The van der Waals surface area contributed by atoms with Crippen LogP contribution in [0.3, 0.4) is 0 Å². The third-order valence-electron chi connectivity index (χ3n) is 5.14. The molecule has 1 amide bonds. The zero-order valence-electron chi connectivity index (χ0n) is 15.9. The fourth-order valence-corrected chi connectivity index (χ4v) is 3.72. The first-order valence-electron chi connectivity index (χ1n) is 9.33. The number of esters is 1. The molecule has 1 fully saturated rings.